The van der Waals surface area contributed by atoms with Crippen LogP contribution < -0.4 is 5.73 Å². The van der Waals surface area contributed by atoms with Crippen LogP contribution in [0.3, 0.4) is 0 Å². The summed E-state index contributed by atoms with van der Waals surface area (Å²) in [4.78, 5) is 31.8. The molecule has 0 bridgehead atoms. The van der Waals surface area contributed by atoms with E-state index in [1.165, 1.54) is 16.2 Å². The maximum atomic E-state index is 13.2. The summed E-state index contributed by atoms with van der Waals surface area (Å²) in [5, 5.41) is 0. The molecule has 0 aliphatic carbocycles. The minimum absolute atomic E-state index is 0.189. The molecule has 5 nitrogen and oxygen atoms in total. The van der Waals surface area contributed by atoms with Crippen LogP contribution in [0.25, 0.3) is 10.4 Å². The van der Waals surface area contributed by atoms with E-state index in [9.17, 15) is 9.59 Å². The molecule has 0 saturated heterocycles. The zero-order valence-electron chi connectivity index (χ0n) is 14.6. The van der Waals surface area contributed by atoms with Crippen LogP contribution in [0.1, 0.15) is 20.8 Å². The van der Waals surface area contributed by atoms with Crippen molar-refractivity contribution in [1.29, 1.82) is 0 Å². The molecule has 6 heteroatoms. The Labute approximate surface area is 160 Å². The minimum atomic E-state index is -1.21. The second-order valence-electron chi connectivity index (χ2n) is 6.31. The van der Waals surface area contributed by atoms with Gasteiger partial charge in [0.2, 0.25) is 0 Å². The average Bonchev–Trinajstić information content (AvgIpc) is 3.28. The summed E-state index contributed by atoms with van der Waals surface area (Å²) < 4.78 is 0. The number of likely N-dealkylation sites (N-methyl/N-ethyl adjacent to an activating group) is 1. The fourth-order valence-corrected chi connectivity index (χ4v) is 4.15. The molecule has 2 aromatic carbocycles. The highest BCUT2D eigenvalue weighted by Crippen LogP contribution is 2.40. The largest absolute Gasteiger partial charge is 0.369 e. The molecule has 0 saturated carbocycles. The molecule has 27 heavy (non-hydrogen) atoms. The Kier molecular flexibility index (Phi) is 4.12. The summed E-state index contributed by atoms with van der Waals surface area (Å²) in [5.74, 6) is -0.00303. The standard InChI is InChI=1S/C21H17N3O2S/c1-24-19(26)21(23-20(24)22,15-7-3-2-4-8-15)16-9-5-6-14(12-16)18-11-10-17(13-25)27-18/h2-13H,1H3,(H2,22,23). The molecule has 2 N–H and O–H groups in total. The van der Waals surface area contributed by atoms with Crippen molar-refractivity contribution in [2.24, 2.45) is 10.7 Å². The maximum Gasteiger partial charge on any atom is 0.266 e. The van der Waals surface area contributed by atoms with Gasteiger partial charge in [-0.3, -0.25) is 14.5 Å². The number of guanidine groups is 1. The molecular weight excluding hydrogens is 358 g/mol. The second kappa shape index (κ2) is 6.48. The van der Waals surface area contributed by atoms with E-state index in [1.807, 2.05) is 60.7 Å². The Morgan fingerprint density at radius 3 is 2.41 bits per heavy atom. The molecule has 4 rings (SSSR count). The zero-order valence-corrected chi connectivity index (χ0v) is 15.4. The fourth-order valence-electron chi connectivity index (χ4n) is 3.33. The van der Waals surface area contributed by atoms with Crippen molar-refractivity contribution >= 4 is 29.5 Å². The van der Waals surface area contributed by atoms with E-state index in [0.29, 0.717) is 4.88 Å². The van der Waals surface area contributed by atoms with Crippen molar-refractivity contribution < 1.29 is 9.59 Å². The summed E-state index contributed by atoms with van der Waals surface area (Å²) in [5.41, 5.74) is 7.23. The van der Waals surface area contributed by atoms with E-state index in [0.717, 1.165) is 27.9 Å². The van der Waals surface area contributed by atoms with Crippen molar-refractivity contribution in [1.82, 2.24) is 4.90 Å². The third-order valence-electron chi connectivity index (χ3n) is 4.74. The summed E-state index contributed by atoms with van der Waals surface area (Å²) in [6, 6.07) is 20.8. The van der Waals surface area contributed by atoms with Crippen LogP contribution in [-0.2, 0) is 10.3 Å². The van der Waals surface area contributed by atoms with Gasteiger partial charge in [-0.1, -0.05) is 48.5 Å². The van der Waals surface area contributed by atoms with E-state index in [2.05, 4.69) is 4.99 Å². The molecule has 3 aromatic rings. The Morgan fingerprint density at radius 2 is 1.78 bits per heavy atom. The molecule has 1 unspecified atom stereocenters. The van der Waals surface area contributed by atoms with Crippen LogP contribution in [0.15, 0.2) is 71.7 Å². The topological polar surface area (TPSA) is 75.8 Å². The molecule has 134 valence electrons. The molecule has 1 aromatic heterocycles. The van der Waals surface area contributed by atoms with E-state index in [4.69, 9.17) is 5.73 Å². The van der Waals surface area contributed by atoms with Gasteiger partial charge in [0.15, 0.2) is 17.8 Å². The second-order valence-corrected chi connectivity index (χ2v) is 7.43. The van der Waals surface area contributed by atoms with Gasteiger partial charge in [0.25, 0.3) is 5.91 Å². The monoisotopic (exact) mass is 375 g/mol. The van der Waals surface area contributed by atoms with Crippen LogP contribution >= 0.6 is 11.3 Å². The van der Waals surface area contributed by atoms with Gasteiger partial charge in [0.1, 0.15) is 0 Å². The van der Waals surface area contributed by atoms with Gasteiger partial charge < -0.3 is 5.73 Å². The number of aldehydes is 1. The molecule has 0 radical (unpaired) electrons. The number of hydrogen-bond donors (Lipinski definition) is 1. The van der Waals surface area contributed by atoms with E-state index in [1.54, 1.807) is 13.1 Å². The number of rotatable bonds is 4. The van der Waals surface area contributed by atoms with Gasteiger partial charge in [-0.05, 0) is 34.9 Å². The molecule has 0 spiro atoms. The van der Waals surface area contributed by atoms with Gasteiger partial charge in [0.05, 0.1) is 4.88 Å². The van der Waals surface area contributed by atoms with Gasteiger partial charge in [0, 0.05) is 11.9 Å². The van der Waals surface area contributed by atoms with Crippen molar-refractivity contribution in [3.05, 3.63) is 82.7 Å². The zero-order chi connectivity index (χ0) is 19.0. The SMILES string of the molecule is CN1C(=O)C(c2ccccc2)(c2cccc(-c3ccc(C=O)s3)c2)N=C1N. The lowest BCUT2D eigenvalue weighted by atomic mass is 9.82. The number of thiophene rings is 1. The summed E-state index contributed by atoms with van der Waals surface area (Å²) in [7, 11) is 1.63. The third kappa shape index (κ3) is 2.65. The van der Waals surface area contributed by atoms with E-state index in [-0.39, 0.29) is 11.9 Å². The van der Waals surface area contributed by atoms with Crippen molar-refractivity contribution in [3.8, 4) is 10.4 Å². The van der Waals surface area contributed by atoms with Crippen LogP contribution in [0.2, 0.25) is 0 Å². The number of carbonyl (C=O) groups is 2. The lowest BCUT2D eigenvalue weighted by molar-refractivity contribution is -0.129. The highest BCUT2D eigenvalue weighted by atomic mass is 32.1. The number of carbonyl (C=O) groups excluding carboxylic acids is 2. The molecule has 1 amide bonds. The Morgan fingerprint density at radius 1 is 1.04 bits per heavy atom. The van der Waals surface area contributed by atoms with Crippen LogP contribution in [0.5, 0.6) is 0 Å². The first-order chi connectivity index (χ1) is 13.1. The van der Waals surface area contributed by atoms with Crippen LogP contribution in [0.4, 0.5) is 0 Å². The number of benzene rings is 2. The Hall–Kier alpha value is -3.25. The van der Waals surface area contributed by atoms with Crippen molar-refractivity contribution in [2.45, 2.75) is 5.54 Å². The molecule has 1 aliphatic rings. The van der Waals surface area contributed by atoms with Gasteiger partial charge in [-0.15, -0.1) is 11.3 Å². The first-order valence-electron chi connectivity index (χ1n) is 8.41. The average molecular weight is 375 g/mol. The van der Waals surface area contributed by atoms with Gasteiger partial charge >= 0.3 is 0 Å². The first kappa shape index (κ1) is 17.2. The van der Waals surface area contributed by atoms with Crippen LogP contribution in [0, 0.1) is 0 Å². The Bertz CT molecular complexity index is 1060. The normalized spacial score (nSPS) is 19.2. The number of amides is 1. The van der Waals surface area contributed by atoms with E-state index < -0.39 is 5.54 Å². The molecular formula is C21H17N3O2S. The van der Waals surface area contributed by atoms with Crippen molar-refractivity contribution in [2.75, 3.05) is 7.05 Å². The highest BCUT2D eigenvalue weighted by molar-refractivity contribution is 7.17. The summed E-state index contributed by atoms with van der Waals surface area (Å²) >= 11 is 1.41. The fraction of sp³-hybridized carbons (Fsp3) is 0.0952. The summed E-state index contributed by atoms with van der Waals surface area (Å²) in [6.45, 7) is 0. The summed E-state index contributed by atoms with van der Waals surface area (Å²) in [6.07, 6.45) is 0.837. The van der Waals surface area contributed by atoms with Gasteiger partial charge in [-0.2, -0.15) is 0 Å². The predicted molar refractivity (Wildman–Crippen MR) is 107 cm³/mol. The Balaban J connectivity index is 1.91. The smallest absolute Gasteiger partial charge is 0.266 e. The van der Waals surface area contributed by atoms with Crippen LogP contribution in [-0.4, -0.2) is 30.1 Å². The molecule has 0 fully saturated rings. The minimum Gasteiger partial charge on any atom is -0.369 e. The van der Waals surface area contributed by atoms with Gasteiger partial charge in [-0.25, -0.2) is 4.99 Å². The number of aliphatic imine (C=N–C) groups is 1. The lowest BCUT2D eigenvalue weighted by Crippen LogP contribution is -2.41. The quantitative estimate of drug-likeness (QED) is 0.711. The maximum absolute atomic E-state index is 13.2. The third-order valence-corrected chi connectivity index (χ3v) is 5.80. The molecule has 1 atom stereocenters. The number of hydrogen-bond acceptors (Lipinski definition) is 5. The molecule has 2 heterocycles. The first-order valence-corrected chi connectivity index (χ1v) is 9.23. The lowest BCUT2D eigenvalue weighted by Gasteiger charge is -2.26. The number of nitrogens with zero attached hydrogens (tertiary/aromatic N) is 2. The van der Waals surface area contributed by atoms with E-state index >= 15 is 0 Å². The van der Waals surface area contributed by atoms with Crippen molar-refractivity contribution in [3.63, 3.8) is 0 Å². The number of nitrogens with two attached hydrogens (primary N) is 1. The predicted octanol–water partition coefficient (Wildman–Crippen LogP) is 3.26. The molecule has 1 aliphatic heterocycles. The highest BCUT2D eigenvalue weighted by Gasteiger charge is 2.49.